The van der Waals surface area contributed by atoms with Crippen LogP contribution < -0.4 is 15.8 Å². The van der Waals surface area contributed by atoms with E-state index in [1.807, 2.05) is 12.1 Å². The molecule has 0 heterocycles. The highest BCUT2D eigenvalue weighted by atomic mass is 32.2. The summed E-state index contributed by atoms with van der Waals surface area (Å²) in [6.45, 7) is 0.673. The van der Waals surface area contributed by atoms with Crippen LogP contribution in [0.3, 0.4) is 0 Å². The zero-order valence-corrected chi connectivity index (χ0v) is 19.5. The predicted octanol–water partition coefficient (Wildman–Crippen LogP) is 2.75. The lowest BCUT2D eigenvalue weighted by atomic mass is 9.82. The van der Waals surface area contributed by atoms with Gasteiger partial charge in [0.25, 0.3) is 10.1 Å². The van der Waals surface area contributed by atoms with Gasteiger partial charge in [0, 0.05) is 6.54 Å². The monoisotopic (exact) mass is 491 g/mol. The Labute approximate surface area is 198 Å². The molecule has 2 aromatic rings. The average molecular weight is 492 g/mol. The molecule has 1 fully saturated rings. The molecule has 0 radical (unpaired) electrons. The minimum Gasteiger partial charge on any atom is -0.478 e. The summed E-state index contributed by atoms with van der Waals surface area (Å²) in [5, 5.41) is 19.0. The number of esters is 1. The van der Waals surface area contributed by atoms with E-state index < -0.39 is 16.1 Å². The molecule has 0 bridgehead atoms. The van der Waals surface area contributed by atoms with Crippen molar-refractivity contribution < 1.29 is 32.4 Å². The van der Waals surface area contributed by atoms with E-state index in [-0.39, 0.29) is 23.4 Å². The maximum absolute atomic E-state index is 12.4. The van der Waals surface area contributed by atoms with Crippen molar-refractivity contribution in [3.63, 3.8) is 0 Å². The third-order valence-corrected chi connectivity index (χ3v) is 5.30. The van der Waals surface area contributed by atoms with Gasteiger partial charge in [0.2, 0.25) is 0 Å². The highest BCUT2D eigenvalue weighted by Crippen LogP contribution is 2.30. The summed E-state index contributed by atoms with van der Waals surface area (Å²) in [5.74, 6) is -0.361. The number of nitrogens with one attached hydrogen (secondary N) is 2. The molecule has 0 spiro atoms. The number of ether oxygens (including phenoxy) is 1. The molecule has 0 aromatic heterocycles. The van der Waals surface area contributed by atoms with Crippen LogP contribution in [-0.2, 0) is 14.9 Å². The van der Waals surface area contributed by atoms with Crippen LogP contribution in [0.15, 0.2) is 48.5 Å². The fourth-order valence-electron chi connectivity index (χ4n) is 3.58. The Morgan fingerprint density at radius 2 is 1.50 bits per heavy atom. The Morgan fingerprint density at radius 1 is 1.03 bits per heavy atom. The molecule has 11 heteroatoms. The van der Waals surface area contributed by atoms with E-state index >= 15 is 0 Å². The molecule has 0 unspecified atom stereocenters. The topological polar surface area (TPSA) is 180 Å². The third kappa shape index (κ3) is 9.59. The van der Waals surface area contributed by atoms with Crippen molar-refractivity contribution in [2.75, 3.05) is 12.8 Å². The van der Waals surface area contributed by atoms with E-state index in [9.17, 15) is 18.0 Å². The van der Waals surface area contributed by atoms with Crippen molar-refractivity contribution in [1.82, 2.24) is 5.32 Å². The fourth-order valence-corrected chi connectivity index (χ4v) is 3.58. The molecular weight excluding hydrogens is 462 g/mol. The lowest BCUT2D eigenvalue weighted by molar-refractivity contribution is -0.140. The molecule has 0 aliphatic heterocycles. The Kier molecular flexibility index (Phi) is 9.58. The van der Waals surface area contributed by atoms with Crippen LogP contribution in [0.25, 0.3) is 11.1 Å². The van der Waals surface area contributed by atoms with Gasteiger partial charge in [-0.05, 0) is 67.0 Å². The van der Waals surface area contributed by atoms with Crippen LogP contribution in [-0.4, -0.2) is 48.8 Å². The second-order valence-electron chi connectivity index (χ2n) is 8.07. The molecule has 1 aliphatic carbocycles. The SMILES string of the molecule is CS(=O)(=O)O.N=C(N)NC[C@H]1CC[C@H](C(=O)Oc2ccc(-c3ccc(C(=O)O)cc3)cc2)CC1. The number of rotatable bonds is 6. The first-order valence-electron chi connectivity index (χ1n) is 10.6. The lowest BCUT2D eigenvalue weighted by Crippen LogP contribution is -2.36. The lowest BCUT2D eigenvalue weighted by Gasteiger charge is -2.27. The second kappa shape index (κ2) is 12.1. The molecule has 1 aliphatic rings. The second-order valence-corrected chi connectivity index (χ2v) is 9.54. The largest absolute Gasteiger partial charge is 0.478 e. The zero-order chi connectivity index (χ0) is 25.3. The highest BCUT2D eigenvalue weighted by Gasteiger charge is 2.27. The van der Waals surface area contributed by atoms with Gasteiger partial charge in [0.1, 0.15) is 5.75 Å². The first-order valence-corrected chi connectivity index (χ1v) is 12.4. The first kappa shape index (κ1) is 26.8. The Morgan fingerprint density at radius 3 is 1.94 bits per heavy atom. The normalized spacial score (nSPS) is 17.6. The van der Waals surface area contributed by atoms with E-state index in [0.717, 1.165) is 36.8 Å². The van der Waals surface area contributed by atoms with E-state index in [1.54, 1.807) is 36.4 Å². The van der Waals surface area contributed by atoms with Crippen molar-refractivity contribution in [2.45, 2.75) is 25.7 Å². The summed E-state index contributed by atoms with van der Waals surface area (Å²) < 4.78 is 31.4. The zero-order valence-electron chi connectivity index (χ0n) is 18.7. The number of carboxylic acids is 1. The molecule has 3 rings (SSSR count). The van der Waals surface area contributed by atoms with Gasteiger partial charge >= 0.3 is 11.9 Å². The molecule has 10 nitrogen and oxygen atoms in total. The molecule has 0 atom stereocenters. The Balaban J connectivity index is 0.000000739. The Bertz CT molecular complexity index is 1080. The predicted molar refractivity (Wildman–Crippen MR) is 127 cm³/mol. The minimum absolute atomic E-state index is 0.0205. The number of carboxylic acid groups (broad SMARTS) is 1. The van der Waals surface area contributed by atoms with Gasteiger partial charge in [-0.2, -0.15) is 8.42 Å². The van der Waals surface area contributed by atoms with E-state index in [2.05, 4.69) is 5.32 Å². The summed E-state index contributed by atoms with van der Waals surface area (Å²) >= 11 is 0. The van der Waals surface area contributed by atoms with Crippen LogP contribution in [0.1, 0.15) is 36.0 Å². The van der Waals surface area contributed by atoms with Crippen LogP contribution in [0.4, 0.5) is 0 Å². The quantitative estimate of drug-likeness (QED) is 0.133. The van der Waals surface area contributed by atoms with Crippen molar-refractivity contribution in [1.29, 1.82) is 5.41 Å². The average Bonchev–Trinajstić information content (AvgIpc) is 2.77. The molecule has 6 N–H and O–H groups in total. The number of guanidine groups is 1. The van der Waals surface area contributed by atoms with E-state index in [1.165, 1.54) is 0 Å². The van der Waals surface area contributed by atoms with Gasteiger partial charge in [-0.25, -0.2) is 4.79 Å². The van der Waals surface area contributed by atoms with Crippen molar-refractivity contribution >= 4 is 28.0 Å². The third-order valence-electron chi connectivity index (χ3n) is 5.30. The molecule has 1 saturated carbocycles. The number of hydrogen-bond acceptors (Lipinski definition) is 6. The maximum Gasteiger partial charge on any atom is 0.335 e. The number of aromatic carboxylic acids is 1. The number of hydrogen-bond donors (Lipinski definition) is 5. The fraction of sp³-hybridized carbons (Fsp3) is 0.348. The number of nitrogens with two attached hydrogens (primary N) is 1. The van der Waals surface area contributed by atoms with Gasteiger partial charge in [-0.3, -0.25) is 14.8 Å². The summed E-state index contributed by atoms with van der Waals surface area (Å²) in [6.07, 6.45) is 4.08. The van der Waals surface area contributed by atoms with Crippen LogP contribution in [0, 0.1) is 17.2 Å². The van der Waals surface area contributed by atoms with Gasteiger partial charge in [0.15, 0.2) is 5.96 Å². The van der Waals surface area contributed by atoms with Crippen LogP contribution in [0.5, 0.6) is 5.75 Å². The van der Waals surface area contributed by atoms with Crippen LogP contribution >= 0.6 is 0 Å². The Hall–Kier alpha value is -3.44. The van der Waals surface area contributed by atoms with Crippen LogP contribution in [0.2, 0.25) is 0 Å². The van der Waals surface area contributed by atoms with Crippen molar-refractivity contribution in [3.8, 4) is 16.9 Å². The number of carbonyl (C=O) groups is 2. The molecular formula is C23H29N3O7S. The van der Waals surface area contributed by atoms with Gasteiger partial charge in [0.05, 0.1) is 17.7 Å². The molecule has 34 heavy (non-hydrogen) atoms. The van der Waals surface area contributed by atoms with Gasteiger partial charge in [-0.15, -0.1) is 0 Å². The molecule has 0 saturated heterocycles. The smallest absolute Gasteiger partial charge is 0.335 e. The van der Waals surface area contributed by atoms with E-state index in [4.69, 9.17) is 25.5 Å². The molecule has 184 valence electrons. The highest BCUT2D eigenvalue weighted by molar-refractivity contribution is 7.85. The van der Waals surface area contributed by atoms with Gasteiger partial charge < -0.3 is 20.9 Å². The first-order chi connectivity index (χ1) is 15.9. The molecule has 2 aromatic carbocycles. The van der Waals surface area contributed by atoms with Gasteiger partial charge in [-0.1, -0.05) is 24.3 Å². The molecule has 0 amide bonds. The minimum atomic E-state index is -3.67. The summed E-state index contributed by atoms with van der Waals surface area (Å²) in [4.78, 5) is 23.4. The van der Waals surface area contributed by atoms with E-state index in [0.29, 0.717) is 24.5 Å². The summed E-state index contributed by atoms with van der Waals surface area (Å²) in [6, 6.07) is 13.8. The van der Waals surface area contributed by atoms with Crippen molar-refractivity contribution in [3.05, 3.63) is 54.1 Å². The van der Waals surface area contributed by atoms with Crippen molar-refractivity contribution in [2.24, 2.45) is 17.6 Å². The summed E-state index contributed by atoms with van der Waals surface area (Å²) in [7, 11) is -3.67. The standard InChI is InChI=1S/C22H25N3O4.CH4O3S/c23-22(24)25-13-14-1-3-18(4-2-14)21(28)29-19-11-9-16(10-12-19)15-5-7-17(8-6-15)20(26)27;1-5(2,3)4/h5-12,14,18H,1-4,13H2,(H,26,27)(H4,23,24,25);1H3,(H,2,3,4)/t14-,18-;. The summed E-state index contributed by atoms with van der Waals surface area (Å²) in [5.41, 5.74) is 7.36. The number of carbonyl (C=O) groups excluding carboxylic acids is 1. The maximum atomic E-state index is 12.4. The number of benzene rings is 2.